The predicted molar refractivity (Wildman–Crippen MR) is 81.6 cm³/mol. The number of hydrogen-bond donors (Lipinski definition) is 1. The van der Waals surface area contributed by atoms with E-state index in [1.807, 2.05) is 16.7 Å². The van der Waals surface area contributed by atoms with Gasteiger partial charge in [-0.25, -0.2) is 9.78 Å². The number of carbonyl (C=O) groups is 1. The van der Waals surface area contributed by atoms with Crippen LogP contribution in [-0.4, -0.2) is 20.6 Å². The highest BCUT2D eigenvalue weighted by molar-refractivity contribution is 6.01. The Hall–Kier alpha value is -2.62. The Balaban J connectivity index is 1.92. The smallest absolute Gasteiger partial charge is 0.337 e. The van der Waals surface area contributed by atoms with E-state index in [1.165, 1.54) is 11.1 Å². The molecule has 4 heteroatoms. The van der Waals surface area contributed by atoms with E-state index in [4.69, 9.17) is 0 Å². The molecule has 0 saturated carbocycles. The molecule has 0 unspecified atom stereocenters. The molecule has 0 radical (unpaired) electrons. The Bertz CT molecular complexity index is 805. The number of benzene rings is 2. The summed E-state index contributed by atoms with van der Waals surface area (Å²) in [4.78, 5) is 15.6. The first-order valence-electron chi connectivity index (χ1n) is 6.88. The number of carboxylic acid groups (broad SMARTS) is 1. The first-order valence-corrected chi connectivity index (χ1v) is 6.88. The van der Waals surface area contributed by atoms with Crippen molar-refractivity contribution in [2.75, 3.05) is 0 Å². The van der Waals surface area contributed by atoms with Crippen LogP contribution < -0.4 is 0 Å². The van der Waals surface area contributed by atoms with Gasteiger partial charge in [-0.05, 0) is 31.0 Å². The van der Waals surface area contributed by atoms with E-state index >= 15 is 0 Å². The monoisotopic (exact) mass is 280 g/mol. The lowest BCUT2D eigenvalue weighted by Gasteiger charge is -2.07. The summed E-state index contributed by atoms with van der Waals surface area (Å²) < 4.78 is 1.92. The highest BCUT2D eigenvalue weighted by Crippen LogP contribution is 2.19. The molecule has 106 valence electrons. The Morgan fingerprint density at radius 3 is 2.81 bits per heavy atom. The second kappa shape index (κ2) is 5.40. The van der Waals surface area contributed by atoms with Crippen LogP contribution in [0.4, 0.5) is 0 Å². The highest BCUT2D eigenvalue weighted by atomic mass is 16.4. The number of aryl methyl sites for hydroxylation is 3. The second-order valence-corrected chi connectivity index (χ2v) is 5.16. The quantitative estimate of drug-likeness (QED) is 0.798. The molecule has 2 aromatic carbocycles. The number of rotatable bonds is 4. The first kappa shape index (κ1) is 13.4. The van der Waals surface area contributed by atoms with Crippen LogP contribution in [0.25, 0.3) is 11.0 Å². The highest BCUT2D eigenvalue weighted by Gasteiger charge is 2.13. The van der Waals surface area contributed by atoms with Crippen molar-refractivity contribution in [2.24, 2.45) is 0 Å². The fourth-order valence-electron chi connectivity index (χ4n) is 2.59. The number of carboxylic acids is 1. The van der Waals surface area contributed by atoms with Crippen LogP contribution in [-0.2, 0) is 13.0 Å². The Labute approximate surface area is 122 Å². The Morgan fingerprint density at radius 1 is 1.24 bits per heavy atom. The van der Waals surface area contributed by atoms with Crippen LogP contribution in [0.5, 0.6) is 0 Å². The molecule has 0 saturated heterocycles. The average Bonchev–Trinajstić information content (AvgIpc) is 2.88. The maximum Gasteiger partial charge on any atom is 0.337 e. The van der Waals surface area contributed by atoms with Crippen LogP contribution in [0.3, 0.4) is 0 Å². The third-order valence-electron chi connectivity index (χ3n) is 3.59. The number of hydrogen-bond acceptors (Lipinski definition) is 2. The molecule has 0 bridgehead atoms. The summed E-state index contributed by atoms with van der Waals surface area (Å²) in [6, 6.07) is 13.5. The van der Waals surface area contributed by atoms with Crippen LogP contribution in [0.1, 0.15) is 21.5 Å². The normalized spacial score (nSPS) is 10.9. The summed E-state index contributed by atoms with van der Waals surface area (Å²) in [7, 11) is 0. The van der Waals surface area contributed by atoms with Gasteiger partial charge >= 0.3 is 5.97 Å². The van der Waals surface area contributed by atoms with Crippen molar-refractivity contribution in [3.8, 4) is 0 Å². The van der Waals surface area contributed by atoms with Gasteiger partial charge in [-0.1, -0.05) is 35.9 Å². The van der Waals surface area contributed by atoms with Crippen molar-refractivity contribution >= 4 is 17.0 Å². The molecule has 0 spiro atoms. The molecule has 3 aromatic rings. The number of para-hydroxylation sites is 1. The van der Waals surface area contributed by atoms with Crippen LogP contribution in [0.2, 0.25) is 0 Å². The number of imidazole rings is 1. The van der Waals surface area contributed by atoms with E-state index in [1.54, 1.807) is 18.5 Å². The summed E-state index contributed by atoms with van der Waals surface area (Å²) in [6.45, 7) is 2.78. The van der Waals surface area contributed by atoms with Gasteiger partial charge in [-0.2, -0.15) is 0 Å². The van der Waals surface area contributed by atoms with E-state index in [0.29, 0.717) is 17.6 Å². The van der Waals surface area contributed by atoms with E-state index in [-0.39, 0.29) is 0 Å². The SMILES string of the molecule is Cc1cccc(CCn2cnc3cccc(C(=O)O)c32)c1. The lowest BCUT2D eigenvalue weighted by atomic mass is 10.1. The fraction of sp³-hybridized carbons (Fsp3) is 0.176. The van der Waals surface area contributed by atoms with Crippen molar-refractivity contribution in [3.63, 3.8) is 0 Å². The van der Waals surface area contributed by atoms with Gasteiger partial charge < -0.3 is 9.67 Å². The zero-order valence-corrected chi connectivity index (χ0v) is 11.8. The molecule has 0 aliphatic heterocycles. The summed E-state index contributed by atoms with van der Waals surface area (Å²) in [5.74, 6) is -0.919. The van der Waals surface area contributed by atoms with E-state index in [0.717, 1.165) is 11.9 Å². The minimum Gasteiger partial charge on any atom is -0.478 e. The summed E-state index contributed by atoms with van der Waals surface area (Å²) in [5.41, 5.74) is 4.19. The standard InChI is InChI=1S/C17H16N2O2/c1-12-4-2-5-13(10-12)8-9-19-11-18-15-7-3-6-14(16(15)19)17(20)21/h2-7,10-11H,8-9H2,1H3,(H,20,21). The number of aromatic carboxylic acids is 1. The molecule has 21 heavy (non-hydrogen) atoms. The molecular formula is C17H16N2O2. The molecular weight excluding hydrogens is 264 g/mol. The molecule has 1 aromatic heterocycles. The largest absolute Gasteiger partial charge is 0.478 e. The van der Waals surface area contributed by atoms with Gasteiger partial charge in [-0.15, -0.1) is 0 Å². The molecule has 0 amide bonds. The van der Waals surface area contributed by atoms with Gasteiger partial charge in [0.2, 0.25) is 0 Å². The molecule has 4 nitrogen and oxygen atoms in total. The molecule has 1 heterocycles. The number of aromatic nitrogens is 2. The maximum atomic E-state index is 11.3. The van der Waals surface area contributed by atoms with Gasteiger partial charge in [-0.3, -0.25) is 0 Å². The van der Waals surface area contributed by atoms with E-state index in [9.17, 15) is 9.90 Å². The van der Waals surface area contributed by atoms with Crippen molar-refractivity contribution in [1.82, 2.24) is 9.55 Å². The Kier molecular flexibility index (Phi) is 3.44. The van der Waals surface area contributed by atoms with Crippen molar-refractivity contribution in [1.29, 1.82) is 0 Å². The summed E-state index contributed by atoms with van der Waals surface area (Å²) in [6.07, 6.45) is 2.56. The molecule has 0 aliphatic rings. The molecule has 1 N–H and O–H groups in total. The summed E-state index contributed by atoms with van der Waals surface area (Å²) >= 11 is 0. The second-order valence-electron chi connectivity index (χ2n) is 5.16. The first-order chi connectivity index (χ1) is 10.1. The van der Waals surface area contributed by atoms with Crippen LogP contribution in [0, 0.1) is 6.92 Å². The minimum atomic E-state index is -0.919. The zero-order chi connectivity index (χ0) is 14.8. The third-order valence-corrected chi connectivity index (χ3v) is 3.59. The molecule has 0 atom stereocenters. The molecule has 0 aliphatic carbocycles. The van der Waals surface area contributed by atoms with Crippen molar-refractivity contribution in [2.45, 2.75) is 19.9 Å². The lowest BCUT2D eigenvalue weighted by Crippen LogP contribution is -2.05. The molecule has 3 rings (SSSR count). The minimum absolute atomic E-state index is 0.300. The van der Waals surface area contributed by atoms with Gasteiger partial charge in [0, 0.05) is 6.54 Å². The fourth-order valence-corrected chi connectivity index (χ4v) is 2.59. The van der Waals surface area contributed by atoms with Gasteiger partial charge in [0.1, 0.15) is 0 Å². The topological polar surface area (TPSA) is 55.1 Å². The predicted octanol–water partition coefficient (Wildman–Crippen LogP) is 3.29. The van der Waals surface area contributed by atoms with E-state index in [2.05, 4.69) is 30.1 Å². The van der Waals surface area contributed by atoms with Gasteiger partial charge in [0.25, 0.3) is 0 Å². The number of nitrogens with zero attached hydrogens (tertiary/aromatic N) is 2. The zero-order valence-electron chi connectivity index (χ0n) is 11.8. The number of fused-ring (bicyclic) bond motifs is 1. The van der Waals surface area contributed by atoms with Gasteiger partial charge in [0.05, 0.1) is 22.9 Å². The lowest BCUT2D eigenvalue weighted by molar-refractivity contribution is 0.0698. The van der Waals surface area contributed by atoms with Crippen molar-refractivity contribution in [3.05, 3.63) is 65.5 Å². The summed E-state index contributed by atoms with van der Waals surface area (Å²) in [5, 5.41) is 9.31. The van der Waals surface area contributed by atoms with Crippen LogP contribution >= 0.6 is 0 Å². The van der Waals surface area contributed by atoms with Crippen molar-refractivity contribution < 1.29 is 9.90 Å². The molecule has 0 fully saturated rings. The Morgan fingerprint density at radius 2 is 2.05 bits per heavy atom. The van der Waals surface area contributed by atoms with Gasteiger partial charge in [0.15, 0.2) is 0 Å². The van der Waals surface area contributed by atoms with E-state index < -0.39 is 5.97 Å². The van der Waals surface area contributed by atoms with Crippen LogP contribution in [0.15, 0.2) is 48.8 Å². The maximum absolute atomic E-state index is 11.3. The average molecular weight is 280 g/mol. The third kappa shape index (κ3) is 2.65.